The summed E-state index contributed by atoms with van der Waals surface area (Å²) in [6.45, 7) is -0.343. The van der Waals surface area contributed by atoms with E-state index in [0.717, 1.165) is 35.4 Å². The Morgan fingerprint density at radius 1 is 1.26 bits per heavy atom. The Balaban J connectivity index is 1.99. The van der Waals surface area contributed by atoms with Crippen LogP contribution in [0.25, 0.3) is 0 Å². The van der Waals surface area contributed by atoms with Gasteiger partial charge in [0.15, 0.2) is 27.2 Å². The zero-order valence-electron chi connectivity index (χ0n) is 13.1. The molecule has 2 heterocycles. The van der Waals surface area contributed by atoms with Crippen LogP contribution in [0.4, 0.5) is 23.4 Å². The number of carbonyl (C=O) groups excluding carboxylic acids is 1. The van der Waals surface area contributed by atoms with Gasteiger partial charge in [-0.25, -0.2) is 17.8 Å². The van der Waals surface area contributed by atoms with Crippen LogP contribution in [0.5, 0.6) is 5.75 Å². The van der Waals surface area contributed by atoms with Crippen LogP contribution in [0.15, 0.2) is 35.4 Å². The molecular weight excluding hydrogens is 416 g/mol. The van der Waals surface area contributed by atoms with Crippen molar-refractivity contribution in [2.24, 2.45) is 0 Å². The summed E-state index contributed by atoms with van der Waals surface area (Å²) in [5.41, 5.74) is 0.0750. The molecule has 1 aromatic carbocycles. The highest BCUT2D eigenvalue weighted by Gasteiger charge is 2.36. The number of benzene rings is 1. The quantitative estimate of drug-likeness (QED) is 0.708. The van der Waals surface area contributed by atoms with Crippen molar-refractivity contribution in [1.82, 2.24) is 4.98 Å². The van der Waals surface area contributed by atoms with Gasteiger partial charge >= 0.3 is 6.36 Å². The van der Waals surface area contributed by atoms with Gasteiger partial charge in [-0.05, 0) is 23.8 Å². The van der Waals surface area contributed by atoms with Gasteiger partial charge < -0.3 is 4.74 Å². The van der Waals surface area contributed by atoms with E-state index in [1.54, 1.807) is 0 Å². The molecule has 0 N–H and O–H groups in total. The minimum Gasteiger partial charge on any atom is -0.403 e. The van der Waals surface area contributed by atoms with Gasteiger partial charge in [-0.3, -0.25) is 9.69 Å². The van der Waals surface area contributed by atoms with Crippen LogP contribution in [0, 0.1) is 5.82 Å². The third-order valence-corrected chi connectivity index (χ3v) is 5.37. The average molecular weight is 425 g/mol. The number of carbonyl (C=O) groups is 1. The van der Waals surface area contributed by atoms with E-state index in [4.69, 9.17) is 11.6 Å². The third-order valence-electron chi connectivity index (χ3n) is 3.57. The van der Waals surface area contributed by atoms with Crippen LogP contribution >= 0.6 is 11.6 Å². The molecule has 0 radical (unpaired) electrons. The minimum absolute atomic E-state index is 0.0364. The molecule has 6 nitrogen and oxygen atoms in total. The lowest BCUT2D eigenvalue weighted by atomic mass is 10.2. The Morgan fingerprint density at radius 2 is 1.96 bits per heavy atom. The van der Waals surface area contributed by atoms with E-state index in [1.165, 1.54) is 0 Å². The monoisotopic (exact) mass is 424 g/mol. The zero-order chi connectivity index (χ0) is 20.0. The molecule has 0 aliphatic carbocycles. The second-order valence-corrected chi connectivity index (χ2v) is 7.92. The van der Waals surface area contributed by atoms with E-state index < -0.39 is 39.4 Å². The lowest BCUT2D eigenvalue weighted by molar-refractivity contribution is -0.275. The molecule has 3 rings (SSSR count). The van der Waals surface area contributed by atoms with E-state index in [1.807, 2.05) is 0 Å². The Kier molecular flexibility index (Phi) is 4.76. The number of hydrogen-bond donors (Lipinski definition) is 0. The SMILES string of the molecule is O=C1CS(=O)(=O)c2cc(Cl)cnc2N1Cc1ccc(F)c(OC(F)(F)F)c1. The first-order valence-corrected chi connectivity index (χ1v) is 9.22. The van der Waals surface area contributed by atoms with Crippen molar-refractivity contribution < 1.29 is 35.5 Å². The number of nitrogens with zero attached hydrogens (tertiary/aromatic N) is 2. The molecule has 2 aromatic rings. The first-order valence-electron chi connectivity index (χ1n) is 7.19. The maximum absolute atomic E-state index is 13.5. The molecule has 0 saturated heterocycles. The van der Waals surface area contributed by atoms with Gasteiger partial charge in [0.25, 0.3) is 0 Å². The molecule has 0 fully saturated rings. The summed E-state index contributed by atoms with van der Waals surface area (Å²) in [6, 6.07) is 3.79. The summed E-state index contributed by atoms with van der Waals surface area (Å²) >= 11 is 5.75. The van der Waals surface area contributed by atoms with Crippen LogP contribution in [0.1, 0.15) is 5.56 Å². The summed E-state index contributed by atoms with van der Waals surface area (Å²) in [7, 11) is -3.95. The van der Waals surface area contributed by atoms with Crippen molar-refractivity contribution in [3.8, 4) is 5.75 Å². The van der Waals surface area contributed by atoms with Gasteiger partial charge in [0.05, 0.1) is 11.6 Å². The average Bonchev–Trinajstić information content (AvgIpc) is 2.53. The van der Waals surface area contributed by atoms with Gasteiger partial charge in [0.2, 0.25) is 5.91 Å². The number of alkyl halides is 3. The first kappa shape index (κ1) is 19.4. The molecule has 1 amide bonds. The Hall–Kier alpha value is -2.40. The molecule has 0 bridgehead atoms. The van der Waals surface area contributed by atoms with Crippen molar-refractivity contribution in [3.05, 3.63) is 46.9 Å². The topological polar surface area (TPSA) is 76.6 Å². The van der Waals surface area contributed by atoms with Crippen LogP contribution in [-0.4, -0.2) is 31.4 Å². The standard InChI is InChI=1S/C15H9ClF4N2O4S/c16-9-4-12-14(21-5-9)22(13(23)7-27(12,24)25)6-8-1-2-10(17)11(3-8)26-15(18,19)20/h1-5H,6-7H2. The number of pyridine rings is 1. The van der Waals surface area contributed by atoms with Crippen LogP contribution < -0.4 is 9.64 Å². The summed E-state index contributed by atoms with van der Waals surface area (Å²) in [5, 5.41) is 0.0364. The van der Waals surface area contributed by atoms with Crippen molar-refractivity contribution in [3.63, 3.8) is 0 Å². The minimum atomic E-state index is -5.10. The van der Waals surface area contributed by atoms with Gasteiger partial charge in [0.1, 0.15) is 10.6 Å². The first-order chi connectivity index (χ1) is 12.5. The number of halogens is 5. The molecule has 12 heteroatoms. The number of anilines is 1. The molecule has 27 heavy (non-hydrogen) atoms. The molecule has 144 valence electrons. The third kappa shape index (κ3) is 4.14. The molecule has 0 saturated carbocycles. The highest BCUT2D eigenvalue weighted by molar-refractivity contribution is 7.92. The van der Waals surface area contributed by atoms with Crippen molar-refractivity contribution in [2.75, 3.05) is 10.7 Å². The van der Waals surface area contributed by atoms with Gasteiger partial charge in [-0.15, -0.1) is 13.2 Å². The predicted octanol–water partition coefficient (Wildman–Crippen LogP) is 3.09. The van der Waals surface area contributed by atoms with Crippen molar-refractivity contribution >= 4 is 33.2 Å². The van der Waals surface area contributed by atoms with Crippen molar-refractivity contribution in [1.29, 1.82) is 0 Å². The molecule has 0 spiro atoms. The van der Waals surface area contributed by atoms with Crippen LogP contribution in [-0.2, 0) is 21.2 Å². The summed E-state index contributed by atoms with van der Waals surface area (Å²) in [6.07, 6.45) is -3.97. The van der Waals surface area contributed by atoms with Gasteiger partial charge in [0, 0.05) is 6.20 Å². The Bertz CT molecular complexity index is 1030. The van der Waals surface area contributed by atoms with Gasteiger partial charge in [-0.1, -0.05) is 17.7 Å². The number of fused-ring (bicyclic) bond motifs is 1. The number of amides is 1. The second kappa shape index (κ2) is 6.64. The van der Waals surface area contributed by atoms with Crippen molar-refractivity contribution in [2.45, 2.75) is 17.8 Å². The fourth-order valence-electron chi connectivity index (χ4n) is 2.48. The molecule has 1 aromatic heterocycles. The van der Waals surface area contributed by atoms with E-state index in [9.17, 15) is 30.8 Å². The van der Waals surface area contributed by atoms with E-state index in [-0.39, 0.29) is 27.8 Å². The normalized spacial score (nSPS) is 16.2. The molecular formula is C15H9ClF4N2O4S. The van der Waals surface area contributed by atoms with Crippen LogP contribution in [0.2, 0.25) is 5.02 Å². The molecule has 1 aliphatic heterocycles. The number of aromatic nitrogens is 1. The van der Waals surface area contributed by atoms with E-state index >= 15 is 0 Å². The van der Waals surface area contributed by atoms with Gasteiger partial charge in [-0.2, -0.15) is 0 Å². The Labute approximate surface area is 155 Å². The molecule has 0 atom stereocenters. The predicted molar refractivity (Wildman–Crippen MR) is 85.6 cm³/mol. The summed E-state index contributed by atoms with van der Waals surface area (Å²) < 4.78 is 78.5. The molecule has 0 unspecified atom stereocenters. The number of ether oxygens (including phenoxy) is 1. The summed E-state index contributed by atoms with van der Waals surface area (Å²) in [4.78, 5) is 16.8. The largest absolute Gasteiger partial charge is 0.573 e. The smallest absolute Gasteiger partial charge is 0.403 e. The lowest BCUT2D eigenvalue weighted by Gasteiger charge is -2.28. The fraction of sp³-hybridized carbons (Fsp3) is 0.200. The second-order valence-electron chi connectivity index (χ2n) is 5.53. The highest BCUT2D eigenvalue weighted by atomic mass is 35.5. The fourth-order valence-corrected chi connectivity index (χ4v) is 4.08. The van der Waals surface area contributed by atoms with E-state index in [0.29, 0.717) is 0 Å². The summed E-state index contributed by atoms with van der Waals surface area (Å²) in [5.74, 6) is -4.21. The van der Waals surface area contributed by atoms with Crippen LogP contribution in [0.3, 0.4) is 0 Å². The van der Waals surface area contributed by atoms with E-state index in [2.05, 4.69) is 9.72 Å². The number of hydrogen-bond acceptors (Lipinski definition) is 5. The maximum Gasteiger partial charge on any atom is 0.573 e. The maximum atomic E-state index is 13.5. The Morgan fingerprint density at radius 3 is 2.63 bits per heavy atom. The zero-order valence-corrected chi connectivity index (χ0v) is 14.7. The highest BCUT2D eigenvalue weighted by Crippen LogP contribution is 2.33. The number of sulfone groups is 1. The number of rotatable bonds is 3. The molecule has 1 aliphatic rings. The lowest BCUT2D eigenvalue weighted by Crippen LogP contribution is -2.41.